The zero-order valence-corrected chi connectivity index (χ0v) is 20.1. The van der Waals surface area contributed by atoms with Gasteiger partial charge in [0, 0.05) is 51.3 Å². The van der Waals surface area contributed by atoms with Gasteiger partial charge in [-0.05, 0) is 26.2 Å². The van der Waals surface area contributed by atoms with Gasteiger partial charge in [-0.15, -0.1) is 0 Å². The average Bonchev–Trinajstić information content (AvgIpc) is 2.71. The van der Waals surface area contributed by atoms with Crippen LogP contribution in [0.4, 0.5) is 5.82 Å². The van der Waals surface area contributed by atoms with Gasteiger partial charge in [-0.1, -0.05) is 44.1 Å². The van der Waals surface area contributed by atoms with Crippen molar-refractivity contribution in [2.75, 3.05) is 43.4 Å². The van der Waals surface area contributed by atoms with Crippen LogP contribution in [-0.2, 0) is 9.59 Å². The smallest absolute Gasteiger partial charge is 0.233 e. The Morgan fingerprint density at radius 3 is 2.47 bits per heavy atom. The molecule has 1 aromatic heterocycles. The van der Waals surface area contributed by atoms with Crippen molar-refractivity contribution in [3.05, 3.63) is 11.2 Å². The second kappa shape index (κ2) is 12.3. The summed E-state index contributed by atoms with van der Waals surface area (Å²) >= 11 is 7.58. The number of piperazine rings is 1. The molecular formula is C21H34ClN5O2S. The molecule has 9 heteroatoms. The van der Waals surface area contributed by atoms with E-state index in [0.29, 0.717) is 42.1 Å². The molecule has 1 aliphatic rings. The van der Waals surface area contributed by atoms with Gasteiger partial charge in [0.2, 0.25) is 11.8 Å². The maximum Gasteiger partial charge on any atom is 0.233 e. The van der Waals surface area contributed by atoms with Gasteiger partial charge in [0.05, 0.1) is 5.75 Å². The Labute approximate surface area is 189 Å². The number of hydrogen-bond acceptors (Lipinski definition) is 6. The number of anilines is 1. The summed E-state index contributed by atoms with van der Waals surface area (Å²) < 4.78 is 0. The molecule has 2 amide bonds. The summed E-state index contributed by atoms with van der Waals surface area (Å²) in [5.41, 5.74) is 0. The van der Waals surface area contributed by atoms with E-state index < -0.39 is 0 Å². The number of halogens is 1. The number of aromatic nitrogens is 2. The summed E-state index contributed by atoms with van der Waals surface area (Å²) in [4.78, 5) is 39.7. The number of carbonyl (C=O) groups excluding carboxylic acids is 2. The quantitative estimate of drug-likeness (QED) is 0.304. The van der Waals surface area contributed by atoms with Crippen molar-refractivity contribution < 1.29 is 9.59 Å². The van der Waals surface area contributed by atoms with Crippen LogP contribution in [0.5, 0.6) is 0 Å². The summed E-state index contributed by atoms with van der Waals surface area (Å²) in [7, 11) is 0. The maximum absolute atomic E-state index is 12.5. The molecule has 168 valence electrons. The Hall–Kier alpha value is -1.54. The number of nitrogens with zero attached hydrogens (tertiary/aromatic N) is 5. The maximum atomic E-state index is 12.5. The normalized spacial score (nSPS) is 16.6. The molecular weight excluding hydrogens is 422 g/mol. The van der Waals surface area contributed by atoms with Crippen LogP contribution in [0.2, 0.25) is 5.15 Å². The number of thioether (sulfide) groups is 1. The standard InChI is InChI=1S/C21H34ClN5O2S/c1-5-8-19(28)27-12-11-26(14-16(27)4)18-13-17(22)23-21(24-18)30-15-20(29)25(9-6-2)10-7-3/h13,16H,5-12,14-15H2,1-4H3. The van der Waals surface area contributed by atoms with Crippen molar-refractivity contribution in [2.24, 2.45) is 0 Å². The zero-order valence-electron chi connectivity index (χ0n) is 18.6. The third kappa shape index (κ3) is 7.01. The molecule has 2 heterocycles. The van der Waals surface area contributed by atoms with E-state index in [2.05, 4.69) is 35.6 Å². The second-order valence-electron chi connectivity index (χ2n) is 7.63. The Morgan fingerprint density at radius 1 is 1.17 bits per heavy atom. The van der Waals surface area contributed by atoms with Crippen LogP contribution < -0.4 is 4.90 Å². The highest BCUT2D eigenvalue weighted by atomic mass is 35.5. The molecule has 0 spiro atoms. The number of hydrogen-bond donors (Lipinski definition) is 0. The minimum Gasteiger partial charge on any atom is -0.353 e. The van der Waals surface area contributed by atoms with Crippen molar-refractivity contribution in [2.45, 2.75) is 64.6 Å². The van der Waals surface area contributed by atoms with Crippen LogP contribution in [0.1, 0.15) is 53.4 Å². The molecule has 0 bridgehead atoms. The van der Waals surface area contributed by atoms with E-state index in [9.17, 15) is 9.59 Å². The van der Waals surface area contributed by atoms with Crippen molar-refractivity contribution in [3.63, 3.8) is 0 Å². The molecule has 0 saturated carbocycles. The van der Waals surface area contributed by atoms with E-state index >= 15 is 0 Å². The fraction of sp³-hybridized carbons (Fsp3) is 0.714. The number of amides is 2. The topological polar surface area (TPSA) is 69.6 Å². The molecule has 1 saturated heterocycles. The summed E-state index contributed by atoms with van der Waals surface area (Å²) in [6.45, 7) is 11.9. The summed E-state index contributed by atoms with van der Waals surface area (Å²) in [5.74, 6) is 1.36. The van der Waals surface area contributed by atoms with E-state index in [4.69, 9.17) is 11.6 Å². The monoisotopic (exact) mass is 455 g/mol. The van der Waals surface area contributed by atoms with Gasteiger partial charge in [-0.25, -0.2) is 9.97 Å². The van der Waals surface area contributed by atoms with Gasteiger partial charge in [0.25, 0.3) is 0 Å². The summed E-state index contributed by atoms with van der Waals surface area (Å²) in [6.07, 6.45) is 3.34. The van der Waals surface area contributed by atoms with Gasteiger partial charge in [-0.3, -0.25) is 9.59 Å². The van der Waals surface area contributed by atoms with Crippen LogP contribution in [0, 0.1) is 0 Å². The molecule has 1 atom stereocenters. The molecule has 2 rings (SSSR count). The Morgan fingerprint density at radius 2 is 1.87 bits per heavy atom. The lowest BCUT2D eigenvalue weighted by Gasteiger charge is -2.40. The summed E-state index contributed by atoms with van der Waals surface area (Å²) in [6, 6.07) is 1.87. The molecule has 0 N–H and O–H groups in total. The van der Waals surface area contributed by atoms with Crippen LogP contribution in [-0.4, -0.2) is 76.1 Å². The Balaban J connectivity index is 2.01. The molecule has 30 heavy (non-hydrogen) atoms. The lowest BCUT2D eigenvalue weighted by molar-refractivity contribution is -0.133. The first kappa shape index (κ1) is 24.7. The molecule has 1 unspecified atom stereocenters. The minimum absolute atomic E-state index is 0.102. The summed E-state index contributed by atoms with van der Waals surface area (Å²) in [5, 5.41) is 0.877. The van der Waals surface area contributed by atoms with Crippen molar-refractivity contribution in [3.8, 4) is 0 Å². The second-order valence-corrected chi connectivity index (χ2v) is 8.96. The van der Waals surface area contributed by atoms with Gasteiger partial charge in [0.1, 0.15) is 11.0 Å². The van der Waals surface area contributed by atoms with Crippen molar-refractivity contribution in [1.82, 2.24) is 19.8 Å². The predicted octanol–water partition coefficient (Wildman–Crippen LogP) is 3.71. The van der Waals surface area contributed by atoms with Crippen molar-refractivity contribution >= 4 is 41.0 Å². The highest BCUT2D eigenvalue weighted by Crippen LogP contribution is 2.24. The van der Waals surface area contributed by atoms with E-state index in [-0.39, 0.29) is 17.9 Å². The molecule has 0 aliphatic carbocycles. The molecule has 1 aliphatic heterocycles. The third-order valence-corrected chi connectivity index (χ3v) is 6.09. The number of rotatable bonds is 10. The lowest BCUT2D eigenvalue weighted by atomic mass is 10.1. The van der Waals surface area contributed by atoms with E-state index in [1.807, 2.05) is 16.7 Å². The van der Waals surface area contributed by atoms with Crippen LogP contribution in [0.3, 0.4) is 0 Å². The van der Waals surface area contributed by atoms with Crippen LogP contribution in [0.15, 0.2) is 11.2 Å². The first-order valence-corrected chi connectivity index (χ1v) is 12.2. The van der Waals surface area contributed by atoms with Crippen LogP contribution >= 0.6 is 23.4 Å². The third-order valence-electron chi connectivity index (χ3n) is 5.06. The highest BCUT2D eigenvalue weighted by molar-refractivity contribution is 7.99. The first-order chi connectivity index (χ1) is 14.4. The lowest BCUT2D eigenvalue weighted by Crippen LogP contribution is -2.54. The molecule has 1 aromatic rings. The van der Waals surface area contributed by atoms with E-state index in [1.165, 1.54) is 11.8 Å². The molecule has 0 aromatic carbocycles. The molecule has 0 radical (unpaired) electrons. The Bertz CT molecular complexity index is 715. The predicted molar refractivity (Wildman–Crippen MR) is 123 cm³/mol. The fourth-order valence-electron chi connectivity index (χ4n) is 3.62. The molecule has 1 fully saturated rings. The highest BCUT2D eigenvalue weighted by Gasteiger charge is 2.28. The van der Waals surface area contributed by atoms with E-state index in [1.54, 1.807) is 6.07 Å². The average molecular weight is 456 g/mol. The van der Waals surface area contributed by atoms with Gasteiger partial charge in [0.15, 0.2) is 5.16 Å². The van der Waals surface area contributed by atoms with Crippen LogP contribution in [0.25, 0.3) is 0 Å². The van der Waals surface area contributed by atoms with Gasteiger partial charge < -0.3 is 14.7 Å². The Kier molecular flexibility index (Phi) is 10.2. The van der Waals surface area contributed by atoms with Crippen molar-refractivity contribution in [1.29, 1.82) is 0 Å². The largest absolute Gasteiger partial charge is 0.353 e. The SMILES string of the molecule is CCCC(=O)N1CCN(c2cc(Cl)nc(SCC(=O)N(CCC)CCC)n2)CC1C. The van der Waals surface area contributed by atoms with Gasteiger partial charge >= 0.3 is 0 Å². The first-order valence-electron chi connectivity index (χ1n) is 10.9. The minimum atomic E-state index is 0.102. The van der Waals surface area contributed by atoms with Gasteiger partial charge in [-0.2, -0.15) is 0 Å². The molecule has 7 nitrogen and oxygen atoms in total. The number of carbonyl (C=O) groups is 2. The van der Waals surface area contributed by atoms with E-state index in [0.717, 1.165) is 38.2 Å². The fourth-order valence-corrected chi connectivity index (χ4v) is 4.61. The zero-order chi connectivity index (χ0) is 22.1.